The second-order valence-corrected chi connectivity index (χ2v) is 7.63. The zero-order valence-corrected chi connectivity index (χ0v) is 18.8. The number of carbonyl (C=O) groups is 2. The topological polar surface area (TPSA) is 89.2 Å². The molecule has 2 heterocycles. The van der Waals surface area contributed by atoms with Crippen LogP contribution in [0.2, 0.25) is 0 Å². The van der Waals surface area contributed by atoms with E-state index < -0.39 is 17.7 Å². The molecule has 4 rings (SSSR count). The number of likely N-dealkylation sites (tertiary alicyclic amines) is 1. The van der Waals surface area contributed by atoms with Gasteiger partial charge in [0.2, 0.25) is 0 Å². The normalized spacial score (nSPS) is 17.1. The number of ether oxygens (including phenoxy) is 2. The number of ketones is 1. The van der Waals surface area contributed by atoms with Crippen molar-refractivity contribution >= 4 is 17.4 Å². The highest BCUT2D eigenvalue weighted by Gasteiger charge is 2.46. The maximum absolute atomic E-state index is 13.1. The van der Waals surface area contributed by atoms with Crippen LogP contribution in [-0.2, 0) is 16.1 Å². The lowest BCUT2D eigenvalue weighted by molar-refractivity contribution is -0.140. The molecule has 1 amide bonds. The molecule has 7 nitrogen and oxygen atoms in total. The van der Waals surface area contributed by atoms with Gasteiger partial charge in [-0.3, -0.25) is 9.59 Å². The molecule has 174 valence electrons. The van der Waals surface area contributed by atoms with Gasteiger partial charge in [-0.25, -0.2) is 0 Å². The third-order valence-corrected chi connectivity index (χ3v) is 5.45. The Hall–Kier alpha value is -4.26. The lowest BCUT2D eigenvalue weighted by Gasteiger charge is -2.24. The number of carbonyl (C=O) groups excluding carboxylic acids is 2. The number of hydrogen-bond donors (Lipinski definition) is 1. The summed E-state index contributed by atoms with van der Waals surface area (Å²) >= 11 is 0. The van der Waals surface area contributed by atoms with E-state index in [2.05, 4.69) is 6.58 Å². The van der Waals surface area contributed by atoms with Crippen LogP contribution in [-0.4, -0.2) is 34.9 Å². The number of aliphatic hydroxyl groups is 1. The van der Waals surface area contributed by atoms with E-state index >= 15 is 0 Å². The van der Waals surface area contributed by atoms with Crippen molar-refractivity contribution in [3.8, 4) is 11.5 Å². The molecule has 1 N–H and O–H groups in total. The molecule has 0 spiro atoms. The van der Waals surface area contributed by atoms with Gasteiger partial charge in [0.25, 0.3) is 11.7 Å². The van der Waals surface area contributed by atoms with E-state index in [4.69, 9.17) is 13.9 Å². The number of aliphatic hydroxyl groups excluding tert-OH is 1. The van der Waals surface area contributed by atoms with Gasteiger partial charge in [0.05, 0.1) is 31.0 Å². The molecule has 0 radical (unpaired) electrons. The Balaban J connectivity index is 1.77. The van der Waals surface area contributed by atoms with Crippen LogP contribution in [0.1, 0.15) is 29.9 Å². The van der Waals surface area contributed by atoms with Gasteiger partial charge in [-0.1, -0.05) is 24.8 Å². The van der Waals surface area contributed by atoms with Gasteiger partial charge in [0, 0.05) is 5.56 Å². The van der Waals surface area contributed by atoms with Crippen molar-refractivity contribution in [2.45, 2.75) is 19.5 Å². The van der Waals surface area contributed by atoms with Crippen LogP contribution >= 0.6 is 0 Å². The van der Waals surface area contributed by atoms with Gasteiger partial charge < -0.3 is 23.9 Å². The van der Waals surface area contributed by atoms with Gasteiger partial charge in [0.15, 0.2) is 0 Å². The van der Waals surface area contributed by atoms with Gasteiger partial charge in [0.1, 0.15) is 29.6 Å². The van der Waals surface area contributed by atoms with E-state index in [0.29, 0.717) is 41.6 Å². The van der Waals surface area contributed by atoms with Gasteiger partial charge in [-0.15, -0.1) is 0 Å². The predicted molar refractivity (Wildman–Crippen MR) is 126 cm³/mol. The summed E-state index contributed by atoms with van der Waals surface area (Å²) in [5.41, 5.74) is 1.08. The summed E-state index contributed by atoms with van der Waals surface area (Å²) in [6.45, 7) is 6.45. The zero-order valence-electron chi connectivity index (χ0n) is 18.8. The van der Waals surface area contributed by atoms with Crippen molar-refractivity contribution in [3.05, 3.63) is 102 Å². The van der Waals surface area contributed by atoms with Crippen molar-refractivity contribution in [2.75, 3.05) is 13.2 Å². The van der Waals surface area contributed by atoms with Crippen LogP contribution in [0, 0.1) is 0 Å². The fourth-order valence-corrected chi connectivity index (χ4v) is 3.89. The Bertz CT molecular complexity index is 1190. The first-order valence-corrected chi connectivity index (χ1v) is 10.9. The van der Waals surface area contributed by atoms with Crippen molar-refractivity contribution in [2.24, 2.45) is 0 Å². The van der Waals surface area contributed by atoms with E-state index in [9.17, 15) is 14.7 Å². The Labute approximate surface area is 197 Å². The summed E-state index contributed by atoms with van der Waals surface area (Å²) in [6, 6.07) is 16.4. The largest absolute Gasteiger partial charge is 0.507 e. The van der Waals surface area contributed by atoms with Crippen LogP contribution in [0.5, 0.6) is 11.5 Å². The van der Waals surface area contributed by atoms with Crippen LogP contribution in [0.3, 0.4) is 0 Å². The Kier molecular flexibility index (Phi) is 6.82. The number of furan rings is 1. The molecule has 7 heteroatoms. The molecular weight excluding hydrogens is 434 g/mol. The molecule has 3 aromatic rings. The number of benzene rings is 2. The standard InChI is InChI=1S/C27H25NO6/c1-3-15-33-21-13-9-19(10-14-21)25(29)23-24(18-7-11-20(12-8-18)32-4-2)28(27(31)26(23)30)17-22-6-5-16-34-22/h3,5-14,16,24,29H,1,4,15,17H2,2H3/t24-/m1/s1. The minimum Gasteiger partial charge on any atom is -0.507 e. The molecule has 1 saturated heterocycles. The Morgan fingerprint density at radius 1 is 1.06 bits per heavy atom. The summed E-state index contributed by atoms with van der Waals surface area (Å²) < 4.78 is 16.4. The fraction of sp³-hybridized carbons (Fsp3) is 0.185. The minimum absolute atomic E-state index is 0.0143. The third-order valence-electron chi connectivity index (χ3n) is 5.45. The number of Topliss-reactive ketones (excluding diaryl/α,β-unsaturated/α-hetero) is 1. The summed E-state index contributed by atoms with van der Waals surface area (Å²) in [5.74, 6) is 0.0795. The number of hydrogen-bond acceptors (Lipinski definition) is 6. The van der Waals surface area contributed by atoms with Crippen LogP contribution in [0.25, 0.3) is 5.76 Å². The van der Waals surface area contributed by atoms with Crippen molar-refractivity contribution in [3.63, 3.8) is 0 Å². The predicted octanol–water partition coefficient (Wildman–Crippen LogP) is 4.87. The van der Waals surface area contributed by atoms with E-state index in [1.165, 1.54) is 11.2 Å². The van der Waals surface area contributed by atoms with Crippen molar-refractivity contribution in [1.29, 1.82) is 0 Å². The quantitative estimate of drug-likeness (QED) is 0.213. The van der Waals surface area contributed by atoms with Gasteiger partial charge in [-0.2, -0.15) is 0 Å². The third kappa shape index (κ3) is 4.59. The smallest absolute Gasteiger partial charge is 0.296 e. The Morgan fingerprint density at radius 2 is 1.74 bits per heavy atom. The monoisotopic (exact) mass is 459 g/mol. The molecule has 1 aromatic heterocycles. The molecule has 0 saturated carbocycles. The highest BCUT2D eigenvalue weighted by molar-refractivity contribution is 6.46. The molecule has 34 heavy (non-hydrogen) atoms. The molecule has 0 aliphatic carbocycles. The summed E-state index contributed by atoms with van der Waals surface area (Å²) in [6.07, 6.45) is 3.14. The maximum atomic E-state index is 13.1. The average Bonchev–Trinajstić information content (AvgIpc) is 3.46. The second-order valence-electron chi connectivity index (χ2n) is 7.63. The molecule has 1 aliphatic heterocycles. The SMILES string of the molecule is C=CCOc1ccc(C(O)=C2C(=O)C(=O)N(Cc3ccco3)[C@@H]2c2ccc(OCC)cc2)cc1. The fourth-order valence-electron chi connectivity index (χ4n) is 3.89. The molecule has 1 aliphatic rings. The first-order valence-electron chi connectivity index (χ1n) is 10.9. The van der Waals surface area contributed by atoms with Crippen LogP contribution in [0.4, 0.5) is 0 Å². The summed E-state index contributed by atoms with van der Waals surface area (Å²) in [7, 11) is 0. The molecular formula is C27H25NO6. The van der Waals surface area contributed by atoms with E-state index in [-0.39, 0.29) is 17.9 Å². The van der Waals surface area contributed by atoms with E-state index in [1.54, 1.807) is 66.7 Å². The molecule has 0 unspecified atom stereocenters. The summed E-state index contributed by atoms with van der Waals surface area (Å²) in [5, 5.41) is 11.2. The first kappa shape index (κ1) is 22.9. The Morgan fingerprint density at radius 3 is 2.35 bits per heavy atom. The summed E-state index contributed by atoms with van der Waals surface area (Å²) in [4.78, 5) is 27.6. The second kappa shape index (κ2) is 10.1. The maximum Gasteiger partial charge on any atom is 0.296 e. The lowest BCUT2D eigenvalue weighted by Crippen LogP contribution is -2.29. The number of amides is 1. The number of nitrogens with zero attached hydrogens (tertiary/aromatic N) is 1. The molecule has 0 bridgehead atoms. The van der Waals surface area contributed by atoms with Crippen LogP contribution < -0.4 is 9.47 Å². The average molecular weight is 459 g/mol. The highest BCUT2D eigenvalue weighted by atomic mass is 16.5. The molecule has 1 atom stereocenters. The van der Waals surface area contributed by atoms with Crippen LogP contribution in [0.15, 0.2) is 89.6 Å². The van der Waals surface area contributed by atoms with E-state index in [0.717, 1.165) is 0 Å². The molecule has 2 aromatic carbocycles. The van der Waals surface area contributed by atoms with E-state index in [1.807, 2.05) is 6.92 Å². The van der Waals surface area contributed by atoms with Crippen molar-refractivity contribution in [1.82, 2.24) is 4.90 Å². The minimum atomic E-state index is -0.794. The zero-order chi connectivity index (χ0) is 24.1. The molecule has 1 fully saturated rings. The number of rotatable bonds is 9. The lowest BCUT2D eigenvalue weighted by atomic mass is 9.95. The first-order chi connectivity index (χ1) is 16.5. The van der Waals surface area contributed by atoms with Gasteiger partial charge >= 0.3 is 0 Å². The van der Waals surface area contributed by atoms with Gasteiger partial charge in [-0.05, 0) is 61.0 Å². The highest BCUT2D eigenvalue weighted by Crippen LogP contribution is 2.40. The van der Waals surface area contributed by atoms with Crippen molar-refractivity contribution < 1.29 is 28.6 Å².